The first-order valence-corrected chi connectivity index (χ1v) is 8.90. The molecule has 0 saturated carbocycles. The third kappa shape index (κ3) is 3.21. The van der Waals surface area contributed by atoms with E-state index in [9.17, 15) is 9.90 Å². The van der Waals surface area contributed by atoms with Gasteiger partial charge in [-0.25, -0.2) is 0 Å². The number of aliphatic hydroxyl groups excluding tert-OH is 1. The van der Waals surface area contributed by atoms with E-state index in [4.69, 9.17) is 4.74 Å². The van der Waals surface area contributed by atoms with Gasteiger partial charge in [-0.05, 0) is 61.6 Å². The minimum Gasteiger partial charge on any atom is -0.469 e. The average molecular weight is 367 g/mol. The molecule has 1 heterocycles. The Balaban J connectivity index is 2.27. The van der Waals surface area contributed by atoms with Crippen LogP contribution in [-0.4, -0.2) is 33.6 Å². The van der Waals surface area contributed by atoms with E-state index in [2.05, 4.69) is 15.4 Å². The molecule has 0 amide bonds. The lowest BCUT2D eigenvalue weighted by Crippen LogP contribution is -2.34. The fourth-order valence-corrected chi connectivity index (χ4v) is 3.78. The molecule has 6 heteroatoms. The molecule has 0 aliphatic rings. The zero-order chi connectivity index (χ0) is 19.8. The van der Waals surface area contributed by atoms with Gasteiger partial charge in [0.25, 0.3) is 0 Å². The second kappa shape index (κ2) is 7.12. The maximum absolute atomic E-state index is 12.7. The summed E-state index contributed by atoms with van der Waals surface area (Å²) >= 11 is 0. The Hall–Kier alpha value is -2.73. The molecular weight excluding hydrogens is 342 g/mol. The SMILES string of the molecule is COC(=O)C(C)(C)[C@@H](c1ccc(C)c(CO)c1)c1ccc2n[nH]nc2c1C. The van der Waals surface area contributed by atoms with Gasteiger partial charge in [-0.2, -0.15) is 15.4 Å². The average Bonchev–Trinajstić information content (AvgIpc) is 3.13. The number of esters is 1. The van der Waals surface area contributed by atoms with Gasteiger partial charge in [0.05, 0.1) is 19.1 Å². The smallest absolute Gasteiger partial charge is 0.312 e. The predicted molar refractivity (Wildman–Crippen MR) is 103 cm³/mol. The summed E-state index contributed by atoms with van der Waals surface area (Å²) in [4.78, 5) is 12.7. The van der Waals surface area contributed by atoms with E-state index >= 15 is 0 Å². The lowest BCUT2D eigenvalue weighted by Gasteiger charge is -2.34. The fraction of sp³-hybridized carbons (Fsp3) is 0.381. The van der Waals surface area contributed by atoms with Crippen molar-refractivity contribution in [3.8, 4) is 0 Å². The second-order valence-electron chi connectivity index (χ2n) is 7.46. The number of aliphatic hydroxyl groups is 1. The predicted octanol–water partition coefficient (Wildman–Crippen LogP) is 3.40. The highest BCUT2D eigenvalue weighted by molar-refractivity contribution is 5.82. The lowest BCUT2D eigenvalue weighted by atomic mass is 9.69. The monoisotopic (exact) mass is 367 g/mol. The van der Waals surface area contributed by atoms with E-state index in [0.717, 1.165) is 38.9 Å². The molecule has 0 fully saturated rings. The fourth-order valence-electron chi connectivity index (χ4n) is 3.78. The van der Waals surface area contributed by atoms with Crippen LogP contribution in [0.3, 0.4) is 0 Å². The third-order valence-electron chi connectivity index (χ3n) is 5.40. The Kier molecular flexibility index (Phi) is 5.02. The number of hydrogen-bond donors (Lipinski definition) is 2. The number of nitrogens with zero attached hydrogens (tertiary/aromatic N) is 2. The maximum Gasteiger partial charge on any atom is 0.312 e. The molecule has 2 aromatic carbocycles. The van der Waals surface area contributed by atoms with Crippen LogP contribution in [0.25, 0.3) is 11.0 Å². The minimum atomic E-state index is -0.821. The first-order chi connectivity index (χ1) is 12.8. The van der Waals surface area contributed by atoms with Crippen LogP contribution in [0.15, 0.2) is 30.3 Å². The van der Waals surface area contributed by atoms with Crippen molar-refractivity contribution in [1.29, 1.82) is 0 Å². The number of aromatic nitrogens is 3. The molecule has 6 nitrogen and oxygen atoms in total. The highest BCUT2D eigenvalue weighted by Crippen LogP contribution is 2.44. The molecule has 0 spiro atoms. The number of H-pyrrole nitrogens is 1. The standard InChI is InChI=1S/C21H25N3O3/c1-12-6-7-14(10-15(12)11-25)18(21(3,4)20(26)27-5)16-8-9-17-19(13(16)2)23-24-22-17/h6-10,18,25H,11H2,1-5H3,(H,22,23,24)/t18-/m0/s1. The number of benzene rings is 2. The van der Waals surface area contributed by atoms with E-state index in [1.54, 1.807) is 0 Å². The number of fused-ring (bicyclic) bond motifs is 1. The summed E-state index contributed by atoms with van der Waals surface area (Å²) in [5.41, 5.74) is 5.51. The van der Waals surface area contributed by atoms with E-state index in [-0.39, 0.29) is 18.5 Å². The van der Waals surface area contributed by atoms with Crippen LogP contribution >= 0.6 is 0 Å². The molecule has 0 bridgehead atoms. The normalized spacial score (nSPS) is 13.0. The summed E-state index contributed by atoms with van der Waals surface area (Å²) in [7, 11) is 1.41. The van der Waals surface area contributed by atoms with Crippen molar-refractivity contribution in [1.82, 2.24) is 15.4 Å². The molecule has 2 N–H and O–H groups in total. The van der Waals surface area contributed by atoms with E-state index in [0.29, 0.717) is 0 Å². The molecule has 1 aromatic heterocycles. The number of hydrogen-bond acceptors (Lipinski definition) is 5. The molecule has 0 saturated heterocycles. The largest absolute Gasteiger partial charge is 0.469 e. The van der Waals surface area contributed by atoms with E-state index < -0.39 is 5.41 Å². The molecule has 1 atom stereocenters. The van der Waals surface area contributed by atoms with Crippen molar-refractivity contribution >= 4 is 17.0 Å². The summed E-state index contributed by atoms with van der Waals surface area (Å²) in [6.07, 6.45) is 0. The van der Waals surface area contributed by atoms with Gasteiger partial charge < -0.3 is 9.84 Å². The van der Waals surface area contributed by atoms with Gasteiger partial charge >= 0.3 is 5.97 Å². The van der Waals surface area contributed by atoms with Crippen LogP contribution in [0.5, 0.6) is 0 Å². The van der Waals surface area contributed by atoms with Crippen molar-refractivity contribution in [2.75, 3.05) is 7.11 Å². The molecule has 3 aromatic rings. The maximum atomic E-state index is 12.7. The molecule has 0 radical (unpaired) electrons. The summed E-state index contributed by atoms with van der Waals surface area (Å²) in [6.45, 7) is 7.67. The Labute approximate surface area is 158 Å². The van der Waals surface area contributed by atoms with Crippen LogP contribution < -0.4 is 0 Å². The Morgan fingerprint density at radius 2 is 1.96 bits per heavy atom. The van der Waals surface area contributed by atoms with Gasteiger partial charge in [0, 0.05) is 5.92 Å². The van der Waals surface area contributed by atoms with Gasteiger partial charge in [0.1, 0.15) is 11.0 Å². The Morgan fingerprint density at radius 3 is 2.63 bits per heavy atom. The van der Waals surface area contributed by atoms with E-state index in [1.807, 2.05) is 58.0 Å². The zero-order valence-corrected chi connectivity index (χ0v) is 16.3. The second-order valence-corrected chi connectivity index (χ2v) is 7.46. The number of ether oxygens (including phenoxy) is 1. The van der Waals surface area contributed by atoms with Crippen LogP contribution in [-0.2, 0) is 16.1 Å². The molecule has 3 rings (SSSR count). The number of carbonyl (C=O) groups is 1. The number of aryl methyl sites for hydroxylation is 2. The highest BCUT2D eigenvalue weighted by atomic mass is 16.5. The first kappa shape index (κ1) is 19.0. The van der Waals surface area contributed by atoms with Crippen molar-refractivity contribution in [3.05, 3.63) is 58.1 Å². The van der Waals surface area contributed by atoms with Gasteiger partial charge in [-0.15, -0.1) is 0 Å². The van der Waals surface area contributed by atoms with Crippen molar-refractivity contribution in [2.45, 2.75) is 40.2 Å². The van der Waals surface area contributed by atoms with Crippen molar-refractivity contribution < 1.29 is 14.6 Å². The van der Waals surface area contributed by atoms with Crippen LogP contribution in [0.1, 0.15) is 47.6 Å². The van der Waals surface area contributed by atoms with Crippen LogP contribution in [0.4, 0.5) is 0 Å². The van der Waals surface area contributed by atoms with Crippen LogP contribution in [0, 0.1) is 19.3 Å². The molecule has 0 unspecified atom stereocenters. The summed E-state index contributed by atoms with van der Waals surface area (Å²) in [5.74, 6) is -0.560. The molecule has 142 valence electrons. The highest BCUT2D eigenvalue weighted by Gasteiger charge is 2.41. The first-order valence-electron chi connectivity index (χ1n) is 8.90. The zero-order valence-electron chi connectivity index (χ0n) is 16.3. The Morgan fingerprint density at radius 1 is 1.22 bits per heavy atom. The third-order valence-corrected chi connectivity index (χ3v) is 5.40. The molecular formula is C21H25N3O3. The number of methoxy groups -OCH3 is 1. The number of rotatable bonds is 5. The topological polar surface area (TPSA) is 88.1 Å². The van der Waals surface area contributed by atoms with Crippen molar-refractivity contribution in [3.63, 3.8) is 0 Å². The van der Waals surface area contributed by atoms with Gasteiger partial charge in [-0.1, -0.05) is 24.3 Å². The summed E-state index contributed by atoms with van der Waals surface area (Å²) in [5, 5.41) is 20.8. The molecule has 27 heavy (non-hydrogen) atoms. The van der Waals surface area contributed by atoms with Crippen molar-refractivity contribution in [2.24, 2.45) is 5.41 Å². The molecule has 0 aliphatic heterocycles. The number of carbonyl (C=O) groups excluding carboxylic acids is 1. The number of nitrogens with one attached hydrogen (secondary N) is 1. The summed E-state index contributed by atoms with van der Waals surface area (Å²) in [6, 6.07) is 9.86. The Bertz CT molecular complexity index is 992. The van der Waals surface area contributed by atoms with Gasteiger partial charge in [-0.3, -0.25) is 4.79 Å². The minimum absolute atomic E-state index is 0.0493. The quantitative estimate of drug-likeness (QED) is 0.675. The molecule has 0 aliphatic carbocycles. The van der Waals surface area contributed by atoms with Gasteiger partial charge in [0.15, 0.2) is 0 Å². The van der Waals surface area contributed by atoms with Crippen LogP contribution in [0.2, 0.25) is 0 Å². The summed E-state index contributed by atoms with van der Waals surface area (Å²) < 4.78 is 5.11. The van der Waals surface area contributed by atoms with E-state index in [1.165, 1.54) is 7.11 Å². The number of aromatic amines is 1. The lowest BCUT2D eigenvalue weighted by molar-refractivity contribution is -0.151. The van der Waals surface area contributed by atoms with Gasteiger partial charge in [0.2, 0.25) is 0 Å².